The Kier molecular flexibility index (Phi) is 7.49. The number of methoxy groups -OCH3 is 1. The number of hydrogen-bond donors (Lipinski definition) is 1. The van der Waals surface area contributed by atoms with Crippen LogP contribution in [0.1, 0.15) is 33.2 Å². The highest BCUT2D eigenvalue weighted by molar-refractivity contribution is 7.89. The van der Waals surface area contributed by atoms with Crippen molar-refractivity contribution in [2.45, 2.75) is 18.7 Å². The second-order valence-electron chi connectivity index (χ2n) is 7.08. The number of benzene rings is 2. The van der Waals surface area contributed by atoms with Gasteiger partial charge in [-0.05, 0) is 55.8 Å². The summed E-state index contributed by atoms with van der Waals surface area (Å²) >= 11 is 0. The van der Waals surface area contributed by atoms with E-state index in [1.54, 1.807) is 32.0 Å². The molecule has 0 aliphatic carbocycles. The molecule has 1 fully saturated rings. The normalized spacial score (nSPS) is 14.6. The summed E-state index contributed by atoms with van der Waals surface area (Å²) in [5.41, 5.74) is 1.58. The lowest BCUT2D eigenvalue weighted by molar-refractivity contribution is 0.0526. The van der Waals surface area contributed by atoms with E-state index in [1.807, 2.05) is 0 Å². The summed E-state index contributed by atoms with van der Waals surface area (Å²) in [4.78, 5) is 24.9. The molecule has 1 aliphatic heterocycles. The summed E-state index contributed by atoms with van der Waals surface area (Å²) in [5.74, 6) is -0.742. The summed E-state index contributed by atoms with van der Waals surface area (Å²) in [5, 5.41) is 2.76. The number of ether oxygens (including phenoxy) is 3. The quantitative estimate of drug-likeness (QED) is 0.629. The molecule has 32 heavy (non-hydrogen) atoms. The zero-order chi connectivity index (χ0) is 23.3. The number of aryl methyl sites for hydroxylation is 1. The first-order valence-electron chi connectivity index (χ1n) is 10.1. The fourth-order valence-corrected chi connectivity index (χ4v) is 4.73. The number of amides is 1. The van der Waals surface area contributed by atoms with Crippen LogP contribution in [0.25, 0.3) is 0 Å². The number of esters is 1. The van der Waals surface area contributed by atoms with Gasteiger partial charge in [-0.25, -0.2) is 13.2 Å². The van der Waals surface area contributed by atoms with Crippen molar-refractivity contribution < 1.29 is 32.2 Å². The molecule has 172 valence electrons. The van der Waals surface area contributed by atoms with Gasteiger partial charge in [-0.3, -0.25) is 4.79 Å². The maximum absolute atomic E-state index is 13.0. The lowest BCUT2D eigenvalue weighted by Gasteiger charge is -2.26. The summed E-state index contributed by atoms with van der Waals surface area (Å²) in [6, 6.07) is 8.95. The number of carbonyl (C=O) groups is 2. The van der Waals surface area contributed by atoms with E-state index >= 15 is 0 Å². The van der Waals surface area contributed by atoms with E-state index in [0.29, 0.717) is 30.0 Å². The van der Waals surface area contributed by atoms with E-state index in [4.69, 9.17) is 14.2 Å². The van der Waals surface area contributed by atoms with Crippen LogP contribution in [0, 0.1) is 6.92 Å². The van der Waals surface area contributed by atoms with Crippen LogP contribution in [-0.4, -0.2) is 64.6 Å². The summed E-state index contributed by atoms with van der Waals surface area (Å²) in [7, 11) is -2.37. The maximum atomic E-state index is 13.0. The highest BCUT2D eigenvalue weighted by atomic mass is 32.2. The molecule has 0 saturated carbocycles. The van der Waals surface area contributed by atoms with E-state index in [0.717, 1.165) is 0 Å². The fourth-order valence-electron chi connectivity index (χ4n) is 3.30. The molecule has 10 heteroatoms. The molecule has 2 aromatic carbocycles. The fraction of sp³-hybridized carbons (Fsp3) is 0.364. The largest absolute Gasteiger partial charge is 0.496 e. The van der Waals surface area contributed by atoms with Crippen LogP contribution in [0.15, 0.2) is 41.3 Å². The van der Waals surface area contributed by atoms with Crippen LogP contribution in [0.3, 0.4) is 0 Å². The first kappa shape index (κ1) is 23.7. The van der Waals surface area contributed by atoms with Crippen molar-refractivity contribution in [2.24, 2.45) is 0 Å². The van der Waals surface area contributed by atoms with Crippen molar-refractivity contribution in [1.29, 1.82) is 0 Å². The monoisotopic (exact) mass is 462 g/mol. The van der Waals surface area contributed by atoms with Gasteiger partial charge >= 0.3 is 5.97 Å². The van der Waals surface area contributed by atoms with Crippen LogP contribution < -0.4 is 10.1 Å². The van der Waals surface area contributed by atoms with Crippen LogP contribution in [0.2, 0.25) is 0 Å². The van der Waals surface area contributed by atoms with Gasteiger partial charge in [-0.1, -0.05) is 0 Å². The van der Waals surface area contributed by atoms with Gasteiger partial charge in [-0.15, -0.1) is 0 Å². The van der Waals surface area contributed by atoms with Crippen LogP contribution >= 0.6 is 0 Å². The van der Waals surface area contributed by atoms with E-state index in [-0.39, 0.29) is 35.9 Å². The van der Waals surface area contributed by atoms with Crippen LogP contribution in [-0.2, 0) is 19.5 Å². The third-order valence-corrected chi connectivity index (χ3v) is 6.90. The molecule has 0 bridgehead atoms. The Hall–Kier alpha value is -2.95. The Bertz CT molecular complexity index is 1110. The zero-order valence-corrected chi connectivity index (χ0v) is 19.0. The number of morpholine rings is 1. The molecular weight excluding hydrogens is 436 g/mol. The van der Waals surface area contributed by atoms with Crippen molar-refractivity contribution in [1.82, 2.24) is 4.31 Å². The maximum Gasteiger partial charge on any atom is 0.338 e. The number of rotatable bonds is 7. The van der Waals surface area contributed by atoms with Gasteiger partial charge in [0.1, 0.15) is 5.75 Å². The Balaban J connectivity index is 1.87. The number of nitrogens with one attached hydrogen (secondary N) is 1. The standard InChI is InChI=1S/C22H26N2O7S/c1-4-31-22(26)16-5-7-19(15(2)13-16)23-21(25)18-14-17(6-8-20(18)29-3)32(27,28)24-9-11-30-12-10-24/h5-8,13-14H,4,9-12H2,1-3H3,(H,23,25). The predicted octanol–water partition coefficient (Wildman–Crippen LogP) is 2.45. The van der Waals surface area contributed by atoms with Crippen LogP contribution in [0.4, 0.5) is 5.69 Å². The molecule has 0 spiro atoms. The van der Waals surface area contributed by atoms with Gasteiger partial charge in [0.05, 0.1) is 43.0 Å². The van der Waals surface area contributed by atoms with Gasteiger partial charge in [0, 0.05) is 18.8 Å². The molecule has 1 amide bonds. The SMILES string of the molecule is CCOC(=O)c1ccc(NC(=O)c2cc(S(=O)(=O)N3CCOCC3)ccc2OC)c(C)c1. The Morgan fingerprint density at radius 3 is 2.47 bits per heavy atom. The molecule has 0 aromatic heterocycles. The van der Waals surface area contributed by atoms with Gasteiger partial charge in [-0.2, -0.15) is 4.31 Å². The highest BCUT2D eigenvalue weighted by Crippen LogP contribution is 2.27. The van der Waals surface area contributed by atoms with Crippen molar-refractivity contribution in [2.75, 3.05) is 45.3 Å². The molecule has 0 atom stereocenters. The molecule has 1 aliphatic rings. The second kappa shape index (κ2) is 10.1. The molecule has 1 saturated heterocycles. The number of carbonyl (C=O) groups excluding carboxylic acids is 2. The molecule has 3 rings (SSSR count). The van der Waals surface area contributed by atoms with Gasteiger partial charge in [0.25, 0.3) is 5.91 Å². The molecule has 0 unspecified atom stereocenters. The lowest BCUT2D eigenvalue weighted by atomic mass is 10.1. The smallest absolute Gasteiger partial charge is 0.338 e. The van der Waals surface area contributed by atoms with E-state index in [1.165, 1.54) is 29.6 Å². The van der Waals surface area contributed by atoms with E-state index in [2.05, 4.69) is 5.32 Å². The Morgan fingerprint density at radius 1 is 1.12 bits per heavy atom. The average Bonchev–Trinajstić information content (AvgIpc) is 2.80. The average molecular weight is 463 g/mol. The number of sulfonamides is 1. The third-order valence-electron chi connectivity index (χ3n) is 5.01. The third kappa shape index (κ3) is 5.09. The van der Waals surface area contributed by atoms with Crippen molar-refractivity contribution in [3.8, 4) is 5.75 Å². The molecule has 1 N–H and O–H groups in total. The number of nitrogens with zero attached hydrogens (tertiary/aromatic N) is 1. The van der Waals surface area contributed by atoms with Crippen molar-refractivity contribution >= 4 is 27.6 Å². The minimum absolute atomic E-state index is 0.000249. The molecular formula is C22H26N2O7S. The zero-order valence-electron chi connectivity index (χ0n) is 18.2. The topological polar surface area (TPSA) is 111 Å². The first-order chi connectivity index (χ1) is 15.3. The van der Waals surface area contributed by atoms with E-state index in [9.17, 15) is 18.0 Å². The number of hydrogen-bond acceptors (Lipinski definition) is 7. The van der Waals surface area contributed by atoms with E-state index < -0.39 is 21.9 Å². The van der Waals surface area contributed by atoms with Gasteiger partial charge in [0.15, 0.2) is 0 Å². The van der Waals surface area contributed by atoms with Gasteiger partial charge in [0.2, 0.25) is 10.0 Å². The van der Waals surface area contributed by atoms with Crippen LogP contribution in [0.5, 0.6) is 5.75 Å². The van der Waals surface area contributed by atoms with Crippen molar-refractivity contribution in [3.63, 3.8) is 0 Å². The summed E-state index contributed by atoms with van der Waals surface area (Å²) in [6.45, 7) is 4.88. The molecule has 2 aromatic rings. The Labute approximate surface area is 187 Å². The first-order valence-corrected chi connectivity index (χ1v) is 11.6. The molecule has 1 heterocycles. The lowest BCUT2D eigenvalue weighted by Crippen LogP contribution is -2.40. The summed E-state index contributed by atoms with van der Waals surface area (Å²) < 4.78 is 42.8. The highest BCUT2D eigenvalue weighted by Gasteiger charge is 2.28. The van der Waals surface area contributed by atoms with Gasteiger partial charge < -0.3 is 19.5 Å². The Morgan fingerprint density at radius 2 is 1.84 bits per heavy atom. The minimum Gasteiger partial charge on any atom is -0.496 e. The second-order valence-corrected chi connectivity index (χ2v) is 9.02. The number of anilines is 1. The summed E-state index contributed by atoms with van der Waals surface area (Å²) in [6.07, 6.45) is 0. The minimum atomic E-state index is -3.78. The molecule has 9 nitrogen and oxygen atoms in total. The molecule has 0 radical (unpaired) electrons. The predicted molar refractivity (Wildman–Crippen MR) is 118 cm³/mol. The van der Waals surface area contributed by atoms with Crippen molar-refractivity contribution in [3.05, 3.63) is 53.1 Å².